The molecule has 0 heterocycles. The Labute approximate surface area is 76.6 Å². The van der Waals surface area contributed by atoms with Crippen LogP contribution in [-0.2, 0) is 0 Å². The number of hydrogen-bond acceptors (Lipinski definition) is 2. The monoisotopic (exact) mass is 254 g/mol. The van der Waals surface area contributed by atoms with Gasteiger partial charge < -0.3 is 10.6 Å². The maximum absolute atomic E-state index is 5.54. The molecule has 3 heteroatoms. The zero-order valence-corrected chi connectivity index (χ0v) is 8.60. The fourth-order valence-electron chi connectivity index (χ4n) is 0.771. The third-order valence-corrected chi connectivity index (χ3v) is 1.74. The van der Waals surface area contributed by atoms with Gasteiger partial charge in [0.2, 0.25) is 0 Å². The third-order valence-electron chi connectivity index (χ3n) is 1.25. The van der Waals surface area contributed by atoms with Crippen molar-refractivity contribution >= 4 is 22.6 Å². The van der Waals surface area contributed by atoms with E-state index in [1.165, 1.54) is 0 Å². The lowest BCUT2D eigenvalue weighted by Crippen LogP contribution is -2.29. The molecule has 0 saturated heterocycles. The van der Waals surface area contributed by atoms with Gasteiger partial charge in [0.05, 0.1) is 5.82 Å². The van der Waals surface area contributed by atoms with Gasteiger partial charge in [-0.25, -0.2) is 0 Å². The molecule has 0 aliphatic rings. The predicted molar refractivity (Wildman–Crippen MR) is 54.1 cm³/mol. The molecule has 0 unspecified atom stereocenters. The van der Waals surface area contributed by atoms with Crippen LogP contribution in [0.3, 0.4) is 0 Å². The maximum atomic E-state index is 5.54. The average Bonchev–Trinajstić information content (AvgIpc) is 1.87. The van der Waals surface area contributed by atoms with E-state index >= 15 is 0 Å². The largest absolute Gasteiger partial charge is 0.386 e. The first kappa shape index (κ1) is 10.1. The van der Waals surface area contributed by atoms with Gasteiger partial charge in [-0.05, 0) is 6.42 Å². The van der Waals surface area contributed by atoms with Crippen LogP contribution in [0.4, 0.5) is 0 Å². The first-order chi connectivity index (χ1) is 4.72. The van der Waals surface area contributed by atoms with Crippen LogP contribution in [0.5, 0.6) is 0 Å². The van der Waals surface area contributed by atoms with Crippen LogP contribution >= 0.6 is 22.6 Å². The Morgan fingerprint density at radius 2 is 2.20 bits per heavy atom. The molecule has 0 atom stereocenters. The minimum absolute atomic E-state index is 0.693. The molecule has 0 aromatic carbocycles. The zero-order chi connectivity index (χ0) is 7.98. The number of halogens is 1. The molecule has 0 rings (SSSR count). The molecule has 0 saturated carbocycles. The summed E-state index contributed by atoms with van der Waals surface area (Å²) in [6.45, 7) is 7.88. The first-order valence-electron chi connectivity index (χ1n) is 3.47. The van der Waals surface area contributed by atoms with Gasteiger partial charge in [0.25, 0.3) is 0 Å². The van der Waals surface area contributed by atoms with Crippen molar-refractivity contribution in [2.75, 3.05) is 17.5 Å². The van der Waals surface area contributed by atoms with Gasteiger partial charge in [-0.1, -0.05) is 36.1 Å². The molecule has 0 aliphatic heterocycles. The molecule has 2 N–H and O–H groups in total. The lowest BCUT2D eigenvalue weighted by molar-refractivity contribution is 0.365. The SMILES string of the molecule is C=C(N)N(CCC)CCI. The summed E-state index contributed by atoms with van der Waals surface area (Å²) in [7, 11) is 0. The van der Waals surface area contributed by atoms with Crippen LogP contribution in [-0.4, -0.2) is 22.4 Å². The van der Waals surface area contributed by atoms with E-state index < -0.39 is 0 Å². The highest BCUT2D eigenvalue weighted by molar-refractivity contribution is 14.1. The lowest BCUT2D eigenvalue weighted by Gasteiger charge is -2.21. The summed E-state index contributed by atoms with van der Waals surface area (Å²) in [5, 5.41) is 0. The molecular weight excluding hydrogens is 239 g/mol. The van der Waals surface area contributed by atoms with Crippen LogP contribution in [0, 0.1) is 0 Å². The van der Waals surface area contributed by atoms with Crippen LogP contribution < -0.4 is 5.73 Å². The number of nitrogens with two attached hydrogens (primary N) is 1. The second kappa shape index (κ2) is 5.82. The van der Waals surface area contributed by atoms with Gasteiger partial charge >= 0.3 is 0 Å². The minimum Gasteiger partial charge on any atom is -0.386 e. The highest BCUT2D eigenvalue weighted by Gasteiger charge is 1.99. The highest BCUT2D eigenvalue weighted by atomic mass is 127. The number of rotatable bonds is 5. The fraction of sp³-hybridized carbons (Fsp3) is 0.714. The van der Waals surface area contributed by atoms with E-state index in [0.29, 0.717) is 5.82 Å². The second-order valence-corrected chi connectivity index (χ2v) is 3.25. The number of nitrogens with zero attached hydrogens (tertiary/aromatic N) is 1. The molecule has 2 nitrogen and oxygen atoms in total. The Morgan fingerprint density at radius 3 is 2.50 bits per heavy atom. The average molecular weight is 254 g/mol. The van der Waals surface area contributed by atoms with E-state index in [2.05, 4.69) is 41.0 Å². The molecule has 0 aromatic rings. The third kappa shape index (κ3) is 3.98. The first-order valence-corrected chi connectivity index (χ1v) is 5.00. The summed E-state index contributed by atoms with van der Waals surface area (Å²) in [4.78, 5) is 2.10. The Morgan fingerprint density at radius 1 is 1.60 bits per heavy atom. The van der Waals surface area contributed by atoms with Crippen molar-refractivity contribution in [1.29, 1.82) is 0 Å². The van der Waals surface area contributed by atoms with Crippen LogP contribution in [0.1, 0.15) is 13.3 Å². The molecule has 10 heavy (non-hydrogen) atoms. The molecule has 0 fully saturated rings. The number of hydrogen-bond donors (Lipinski definition) is 1. The molecule has 0 bridgehead atoms. The van der Waals surface area contributed by atoms with Gasteiger partial charge in [0, 0.05) is 17.5 Å². The molecule has 0 aliphatic carbocycles. The smallest absolute Gasteiger partial charge is 0.0912 e. The van der Waals surface area contributed by atoms with E-state index in [4.69, 9.17) is 5.73 Å². The standard InChI is InChI=1S/C7H15IN2/c1-3-5-10(6-4-8)7(2)9/h2-6,9H2,1H3. The predicted octanol–water partition coefficient (Wildman–Crippen LogP) is 1.56. The summed E-state index contributed by atoms with van der Waals surface area (Å²) < 4.78 is 1.11. The van der Waals surface area contributed by atoms with Gasteiger partial charge in [-0.3, -0.25) is 0 Å². The minimum atomic E-state index is 0.693. The summed E-state index contributed by atoms with van der Waals surface area (Å²) in [6, 6.07) is 0. The summed E-state index contributed by atoms with van der Waals surface area (Å²) in [6.07, 6.45) is 1.13. The summed E-state index contributed by atoms with van der Waals surface area (Å²) in [5.74, 6) is 0.693. The van der Waals surface area contributed by atoms with Gasteiger partial charge in [0.1, 0.15) is 0 Å². The Kier molecular flexibility index (Phi) is 5.87. The molecular formula is C7H15IN2. The van der Waals surface area contributed by atoms with E-state index in [0.717, 1.165) is 23.9 Å². The van der Waals surface area contributed by atoms with Crippen molar-refractivity contribution in [3.8, 4) is 0 Å². The van der Waals surface area contributed by atoms with Gasteiger partial charge in [-0.2, -0.15) is 0 Å². The van der Waals surface area contributed by atoms with Crippen molar-refractivity contribution in [3.05, 3.63) is 12.4 Å². The van der Waals surface area contributed by atoms with Gasteiger partial charge in [0.15, 0.2) is 0 Å². The van der Waals surface area contributed by atoms with Crippen molar-refractivity contribution in [3.63, 3.8) is 0 Å². The van der Waals surface area contributed by atoms with E-state index in [-0.39, 0.29) is 0 Å². The van der Waals surface area contributed by atoms with Crippen LogP contribution in [0.15, 0.2) is 12.4 Å². The van der Waals surface area contributed by atoms with E-state index in [9.17, 15) is 0 Å². The molecule has 0 aromatic heterocycles. The topological polar surface area (TPSA) is 29.3 Å². The van der Waals surface area contributed by atoms with Crippen LogP contribution in [0.25, 0.3) is 0 Å². The molecule has 60 valence electrons. The number of alkyl halides is 1. The van der Waals surface area contributed by atoms with Crippen molar-refractivity contribution in [1.82, 2.24) is 4.90 Å². The Hall–Kier alpha value is 0.0700. The Balaban J connectivity index is 3.61. The highest BCUT2D eigenvalue weighted by Crippen LogP contribution is 1.97. The van der Waals surface area contributed by atoms with Gasteiger partial charge in [-0.15, -0.1) is 0 Å². The summed E-state index contributed by atoms with van der Waals surface area (Å²) in [5.41, 5.74) is 5.54. The zero-order valence-electron chi connectivity index (χ0n) is 6.44. The van der Waals surface area contributed by atoms with Crippen molar-refractivity contribution < 1.29 is 0 Å². The molecule has 0 amide bonds. The molecule has 0 spiro atoms. The summed E-state index contributed by atoms with van der Waals surface area (Å²) >= 11 is 2.34. The maximum Gasteiger partial charge on any atom is 0.0912 e. The molecule has 0 radical (unpaired) electrons. The fourth-order valence-corrected chi connectivity index (χ4v) is 1.35. The quantitative estimate of drug-likeness (QED) is 0.596. The van der Waals surface area contributed by atoms with E-state index in [1.807, 2.05) is 0 Å². The normalized spacial score (nSPS) is 9.40. The van der Waals surface area contributed by atoms with Crippen molar-refractivity contribution in [2.45, 2.75) is 13.3 Å². The Bertz CT molecular complexity index is 97.8. The van der Waals surface area contributed by atoms with E-state index in [1.54, 1.807) is 0 Å². The van der Waals surface area contributed by atoms with Crippen molar-refractivity contribution in [2.24, 2.45) is 5.73 Å². The van der Waals surface area contributed by atoms with Crippen LogP contribution in [0.2, 0.25) is 0 Å². The second-order valence-electron chi connectivity index (χ2n) is 2.17. The lowest BCUT2D eigenvalue weighted by atomic mass is 10.4.